The number of carbonyl (C=O) groups excluding carboxylic acids is 2. The highest BCUT2D eigenvalue weighted by molar-refractivity contribution is 7.80. The Morgan fingerprint density at radius 2 is 1.90 bits per heavy atom. The van der Waals surface area contributed by atoms with Crippen LogP contribution in [-0.2, 0) is 14.3 Å². The number of hydrogen-bond donors (Lipinski definition) is 2. The highest BCUT2D eigenvalue weighted by Crippen LogP contribution is 2.44. The van der Waals surface area contributed by atoms with Gasteiger partial charge in [-0.3, -0.25) is 9.78 Å². The number of furan rings is 1. The number of pyridine rings is 1. The number of carbonyl (C=O) groups is 2. The summed E-state index contributed by atoms with van der Waals surface area (Å²) in [5.41, 5.74) is 3.08. The number of anilines is 2. The van der Waals surface area contributed by atoms with E-state index in [2.05, 4.69) is 15.6 Å². The summed E-state index contributed by atoms with van der Waals surface area (Å²) in [5.74, 6) is 0.925. The fourth-order valence-electron chi connectivity index (χ4n) is 4.77. The number of hydrogen-bond acceptors (Lipinski definition) is 8. The van der Waals surface area contributed by atoms with Crippen LogP contribution in [0.2, 0.25) is 0 Å². The second kappa shape index (κ2) is 12.2. The molecule has 10 nitrogen and oxygen atoms in total. The van der Waals surface area contributed by atoms with Gasteiger partial charge >= 0.3 is 5.97 Å². The number of methoxy groups -OCH3 is 3. The summed E-state index contributed by atoms with van der Waals surface area (Å²) in [6.45, 7) is -0.103. The third-order valence-electron chi connectivity index (χ3n) is 6.60. The second-order valence-corrected chi connectivity index (χ2v) is 9.52. The average Bonchev–Trinajstić information content (AvgIpc) is 3.62. The molecule has 11 heteroatoms. The van der Waals surface area contributed by atoms with Crippen LogP contribution in [-0.4, -0.2) is 49.9 Å². The number of aromatic nitrogens is 1. The van der Waals surface area contributed by atoms with E-state index >= 15 is 0 Å². The molecule has 0 saturated carbocycles. The van der Waals surface area contributed by atoms with E-state index in [4.69, 9.17) is 30.8 Å². The van der Waals surface area contributed by atoms with Crippen molar-refractivity contribution < 1.29 is 28.2 Å². The van der Waals surface area contributed by atoms with Gasteiger partial charge < -0.3 is 34.2 Å². The molecule has 2 aromatic heterocycles. The van der Waals surface area contributed by atoms with E-state index < -0.39 is 12.0 Å². The summed E-state index contributed by atoms with van der Waals surface area (Å²) in [6, 6.07) is 21.1. The number of rotatable bonds is 9. The number of benzene rings is 2. The summed E-state index contributed by atoms with van der Waals surface area (Å²) >= 11 is 5.83. The van der Waals surface area contributed by atoms with Gasteiger partial charge in [-0.1, -0.05) is 18.2 Å². The molecule has 1 aliphatic rings. The SMILES string of the molecule is COCC(=O)Nc1cc(N2C(=S)N[C@H](c3ccccn3)[C@H]2c2ccc(-c3cccc(C(=O)OC)c3)o2)ccc1OC. The molecule has 2 aromatic carbocycles. The lowest BCUT2D eigenvalue weighted by atomic mass is 10.0. The van der Waals surface area contributed by atoms with Crippen molar-refractivity contribution in [1.82, 2.24) is 10.3 Å². The van der Waals surface area contributed by atoms with Crippen LogP contribution in [0.5, 0.6) is 5.75 Å². The molecule has 0 aliphatic carbocycles. The third-order valence-corrected chi connectivity index (χ3v) is 6.91. The Hall–Kier alpha value is -4.74. The van der Waals surface area contributed by atoms with Gasteiger partial charge in [0.15, 0.2) is 5.11 Å². The van der Waals surface area contributed by atoms with Gasteiger partial charge in [-0.2, -0.15) is 0 Å². The van der Waals surface area contributed by atoms with Crippen LogP contribution in [0, 0.1) is 0 Å². The third kappa shape index (κ3) is 5.76. The standard InChI is InChI=1S/C30H28N4O6S/c1-37-17-26(35)32-22-16-20(10-11-24(22)38-2)34-28(27(33-30(34)41)21-9-4-5-14-31-21)25-13-12-23(40-25)18-7-6-8-19(15-18)29(36)39-3/h4-16,27-28H,17H2,1-3H3,(H,32,35)(H,33,41)/t27-,28-/m1/s1. The Labute approximate surface area is 242 Å². The summed E-state index contributed by atoms with van der Waals surface area (Å²) in [5, 5.41) is 6.68. The van der Waals surface area contributed by atoms with Crippen molar-refractivity contribution in [3.05, 3.63) is 96.0 Å². The fraction of sp³-hybridized carbons (Fsp3) is 0.200. The van der Waals surface area contributed by atoms with E-state index in [1.807, 2.05) is 47.4 Å². The number of thiocarbonyl (C=S) groups is 1. The van der Waals surface area contributed by atoms with Gasteiger partial charge in [-0.05, 0) is 66.8 Å². The van der Waals surface area contributed by atoms with Gasteiger partial charge in [0.1, 0.15) is 29.9 Å². The molecule has 3 heterocycles. The van der Waals surface area contributed by atoms with E-state index in [9.17, 15) is 9.59 Å². The zero-order valence-electron chi connectivity index (χ0n) is 22.6. The topological polar surface area (TPSA) is 115 Å². The van der Waals surface area contributed by atoms with Crippen molar-refractivity contribution in [3.8, 4) is 17.1 Å². The zero-order valence-corrected chi connectivity index (χ0v) is 23.4. The van der Waals surface area contributed by atoms with Gasteiger partial charge in [0.05, 0.1) is 37.2 Å². The van der Waals surface area contributed by atoms with Crippen LogP contribution < -0.4 is 20.3 Å². The van der Waals surface area contributed by atoms with Crippen molar-refractivity contribution >= 4 is 40.6 Å². The quantitative estimate of drug-likeness (QED) is 0.212. The number of nitrogens with zero attached hydrogens (tertiary/aromatic N) is 2. The molecular weight excluding hydrogens is 544 g/mol. The molecule has 210 valence electrons. The van der Waals surface area contributed by atoms with Crippen molar-refractivity contribution in [2.75, 3.05) is 38.2 Å². The van der Waals surface area contributed by atoms with Crippen LogP contribution in [0.1, 0.15) is 33.9 Å². The Kier molecular flexibility index (Phi) is 8.27. The molecule has 0 radical (unpaired) electrons. The van der Waals surface area contributed by atoms with Gasteiger partial charge in [-0.15, -0.1) is 0 Å². The molecule has 5 rings (SSSR count). The first-order chi connectivity index (χ1) is 19.9. The molecule has 0 bridgehead atoms. The first-order valence-electron chi connectivity index (χ1n) is 12.7. The fourth-order valence-corrected chi connectivity index (χ4v) is 5.11. The average molecular weight is 573 g/mol. The maximum atomic E-state index is 12.3. The van der Waals surface area contributed by atoms with Crippen molar-refractivity contribution in [2.24, 2.45) is 0 Å². The minimum Gasteiger partial charge on any atom is -0.495 e. The largest absolute Gasteiger partial charge is 0.495 e. The maximum absolute atomic E-state index is 12.3. The van der Waals surface area contributed by atoms with Crippen LogP contribution >= 0.6 is 12.2 Å². The summed E-state index contributed by atoms with van der Waals surface area (Å²) < 4.78 is 21.7. The van der Waals surface area contributed by atoms with Crippen molar-refractivity contribution in [1.29, 1.82) is 0 Å². The van der Waals surface area contributed by atoms with E-state index in [0.29, 0.717) is 39.3 Å². The minimum absolute atomic E-state index is 0.103. The lowest BCUT2D eigenvalue weighted by molar-refractivity contribution is -0.119. The Bertz CT molecular complexity index is 1570. The first-order valence-corrected chi connectivity index (χ1v) is 13.1. The monoisotopic (exact) mass is 572 g/mol. The predicted molar refractivity (Wildman–Crippen MR) is 157 cm³/mol. The van der Waals surface area contributed by atoms with Gasteiger partial charge in [0.25, 0.3) is 0 Å². The molecule has 2 atom stereocenters. The maximum Gasteiger partial charge on any atom is 0.337 e. The molecule has 0 unspecified atom stereocenters. The summed E-state index contributed by atoms with van der Waals surface area (Å²) in [6.07, 6.45) is 1.72. The lowest BCUT2D eigenvalue weighted by Crippen LogP contribution is -2.29. The molecule has 1 aliphatic heterocycles. The normalized spacial score (nSPS) is 16.3. The predicted octanol–water partition coefficient (Wildman–Crippen LogP) is 4.90. The van der Waals surface area contributed by atoms with E-state index in [-0.39, 0.29) is 18.6 Å². The number of amides is 1. The van der Waals surface area contributed by atoms with E-state index in [1.165, 1.54) is 21.3 Å². The second-order valence-electron chi connectivity index (χ2n) is 9.14. The lowest BCUT2D eigenvalue weighted by Gasteiger charge is -2.27. The highest BCUT2D eigenvalue weighted by Gasteiger charge is 2.43. The van der Waals surface area contributed by atoms with Gasteiger partial charge in [0.2, 0.25) is 5.91 Å². The molecule has 4 aromatic rings. The molecule has 41 heavy (non-hydrogen) atoms. The summed E-state index contributed by atoms with van der Waals surface area (Å²) in [7, 11) is 4.33. The zero-order chi connectivity index (χ0) is 28.9. The van der Waals surface area contributed by atoms with Crippen LogP contribution in [0.3, 0.4) is 0 Å². The van der Waals surface area contributed by atoms with E-state index in [0.717, 1.165) is 11.3 Å². The molecule has 1 saturated heterocycles. The van der Waals surface area contributed by atoms with Crippen LogP contribution in [0.15, 0.2) is 83.4 Å². The van der Waals surface area contributed by atoms with Crippen LogP contribution in [0.25, 0.3) is 11.3 Å². The number of nitrogens with one attached hydrogen (secondary N) is 2. The highest BCUT2D eigenvalue weighted by atomic mass is 32.1. The minimum atomic E-state index is -0.439. The molecular formula is C30H28N4O6S. The van der Waals surface area contributed by atoms with E-state index in [1.54, 1.807) is 36.5 Å². The smallest absolute Gasteiger partial charge is 0.337 e. The molecule has 0 spiro atoms. The van der Waals surface area contributed by atoms with Gasteiger partial charge in [-0.25, -0.2) is 4.79 Å². The summed E-state index contributed by atoms with van der Waals surface area (Å²) in [4.78, 5) is 30.9. The number of ether oxygens (including phenoxy) is 3. The Balaban J connectivity index is 1.57. The first kappa shape index (κ1) is 27.8. The molecule has 1 amide bonds. The number of esters is 1. The Morgan fingerprint density at radius 3 is 2.63 bits per heavy atom. The molecule has 1 fully saturated rings. The van der Waals surface area contributed by atoms with Crippen molar-refractivity contribution in [2.45, 2.75) is 12.1 Å². The van der Waals surface area contributed by atoms with Crippen LogP contribution in [0.4, 0.5) is 11.4 Å². The van der Waals surface area contributed by atoms with Gasteiger partial charge in [0, 0.05) is 24.6 Å². The molecule has 2 N–H and O–H groups in total. The Morgan fingerprint density at radius 1 is 1.05 bits per heavy atom. The van der Waals surface area contributed by atoms with Crippen molar-refractivity contribution in [3.63, 3.8) is 0 Å².